The summed E-state index contributed by atoms with van der Waals surface area (Å²) in [6, 6.07) is 0. The number of carboxylic acids is 1. The van der Waals surface area contributed by atoms with Crippen molar-refractivity contribution in [1.82, 2.24) is 0 Å². The zero-order chi connectivity index (χ0) is 9.61. The average Bonchev–Trinajstić information content (AvgIpc) is 2.08. The van der Waals surface area contributed by atoms with Crippen molar-refractivity contribution in [3.05, 3.63) is 11.8 Å². The van der Waals surface area contributed by atoms with Crippen molar-refractivity contribution in [2.45, 2.75) is 0 Å². The van der Waals surface area contributed by atoms with Crippen LogP contribution in [0.2, 0.25) is 0 Å². The summed E-state index contributed by atoms with van der Waals surface area (Å²) in [4.78, 5) is 10.2. The Hall–Kier alpha value is -0.693. The molecule has 0 aromatic rings. The first kappa shape index (κ1) is 11.3. The molecule has 0 aromatic heterocycles. The van der Waals surface area contributed by atoms with E-state index in [1.807, 2.05) is 0 Å². The van der Waals surface area contributed by atoms with Gasteiger partial charge in [0.2, 0.25) is 0 Å². The summed E-state index contributed by atoms with van der Waals surface area (Å²) < 4.78 is 14.8. The van der Waals surface area contributed by atoms with Crippen LogP contribution in [0.4, 0.5) is 0 Å². The van der Waals surface area contributed by atoms with Crippen molar-refractivity contribution in [2.24, 2.45) is 0 Å². The zero-order valence-corrected chi connectivity index (χ0v) is 8.23. The molecule has 0 amide bonds. The van der Waals surface area contributed by atoms with Crippen molar-refractivity contribution >= 4 is 14.8 Å². The molecule has 0 bridgehead atoms. The molecule has 70 valence electrons. The van der Waals surface area contributed by atoms with E-state index in [0.29, 0.717) is 0 Å². The molecule has 0 saturated carbocycles. The van der Waals surface area contributed by atoms with Gasteiger partial charge in [0.25, 0.3) is 0 Å². The SMILES string of the molecule is CO[Si](/C=C/C(=O)O)(OC)OC. The molecule has 5 nitrogen and oxygen atoms in total. The van der Waals surface area contributed by atoms with Gasteiger partial charge in [-0.05, 0) is 5.70 Å². The second-order valence-corrected chi connectivity index (χ2v) is 4.65. The molecular weight excluding hydrogens is 180 g/mol. The molecule has 0 saturated heterocycles. The summed E-state index contributed by atoms with van der Waals surface area (Å²) in [5.41, 5.74) is 1.30. The minimum absolute atomic E-state index is 0.947. The van der Waals surface area contributed by atoms with Gasteiger partial charge in [0.05, 0.1) is 0 Å². The lowest BCUT2D eigenvalue weighted by molar-refractivity contribution is -0.131. The Balaban J connectivity index is 4.39. The monoisotopic (exact) mass is 192 g/mol. The summed E-state index contributed by atoms with van der Waals surface area (Å²) in [6.45, 7) is 0. The van der Waals surface area contributed by atoms with Crippen LogP contribution < -0.4 is 0 Å². The van der Waals surface area contributed by atoms with Gasteiger partial charge < -0.3 is 18.4 Å². The third-order valence-corrected chi connectivity index (χ3v) is 3.57. The highest BCUT2D eigenvalue weighted by molar-refractivity contribution is 6.66. The van der Waals surface area contributed by atoms with Gasteiger partial charge in [-0.25, -0.2) is 4.79 Å². The van der Waals surface area contributed by atoms with Crippen LogP contribution in [0.15, 0.2) is 11.8 Å². The fourth-order valence-electron chi connectivity index (χ4n) is 0.627. The van der Waals surface area contributed by atoms with Crippen molar-refractivity contribution in [3.8, 4) is 0 Å². The molecule has 0 aliphatic carbocycles. The first-order valence-electron chi connectivity index (χ1n) is 3.18. The third-order valence-electron chi connectivity index (χ3n) is 1.28. The van der Waals surface area contributed by atoms with Gasteiger partial charge in [-0.15, -0.1) is 0 Å². The summed E-state index contributed by atoms with van der Waals surface area (Å²) in [5.74, 6) is -1.06. The van der Waals surface area contributed by atoms with Crippen molar-refractivity contribution in [2.75, 3.05) is 21.3 Å². The minimum Gasteiger partial charge on any atom is -0.478 e. The maximum atomic E-state index is 10.2. The molecule has 0 atom stereocenters. The van der Waals surface area contributed by atoms with E-state index in [0.717, 1.165) is 6.08 Å². The van der Waals surface area contributed by atoms with Crippen LogP contribution in [-0.4, -0.2) is 41.2 Å². The highest BCUT2D eigenvalue weighted by Crippen LogP contribution is 2.06. The van der Waals surface area contributed by atoms with Crippen LogP contribution in [0.25, 0.3) is 0 Å². The third kappa shape index (κ3) is 3.14. The highest BCUT2D eigenvalue weighted by atomic mass is 28.4. The van der Waals surface area contributed by atoms with Crippen molar-refractivity contribution in [3.63, 3.8) is 0 Å². The Morgan fingerprint density at radius 1 is 1.25 bits per heavy atom. The Bertz CT molecular complexity index is 167. The van der Waals surface area contributed by atoms with Gasteiger partial charge in [-0.2, -0.15) is 0 Å². The minimum atomic E-state index is -2.84. The molecule has 12 heavy (non-hydrogen) atoms. The van der Waals surface area contributed by atoms with Crippen LogP contribution in [0.5, 0.6) is 0 Å². The predicted molar refractivity (Wildman–Crippen MR) is 43.6 cm³/mol. The second-order valence-electron chi connectivity index (χ2n) is 1.89. The van der Waals surface area contributed by atoms with Crippen molar-refractivity contribution < 1.29 is 23.2 Å². The van der Waals surface area contributed by atoms with E-state index in [-0.39, 0.29) is 0 Å². The number of hydrogen-bond donors (Lipinski definition) is 1. The molecule has 0 rings (SSSR count). The van der Waals surface area contributed by atoms with Gasteiger partial charge in [0, 0.05) is 27.4 Å². The maximum absolute atomic E-state index is 10.2. The molecule has 0 unspecified atom stereocenters. The quantitative estimate of drug-likeness (QED) is 0.492. The maximum Gasteiger partial charge on any atom is 0.529 e. The number of carbonyl (C=O) groups is 1. The number of aliphatic carboxylic acids is 1. The van der Waals surface area contributed by atoms with Crippen LogP contribution in [-0.2, 0) is 18.1 Å². The molecule has 0 aromatic carbocycles. The highest BCUT2D eigenvalue weighted by Gasteiger charge is 2.34. The van der Waals surface area contributed by atoms with Crippen LogP contribution in [0.3, 0.4) is 0 Å². The van der Waals surface area contributed by atoms with Gasteiger partial charge in [-0.1, -0.05) is 0 Å². The average molecular weight is 192 g/mol. The molecule has 6 heteroatoms. The summed E-state index contributed by atoms with van der Waals surface area (Å²) in [5, 5.41) is 8.33. The lowest BCUT2D eigenvalue weighted by Crippen LogP contribution is -2.41. The largest absolute Gasteiger partial charge is 0.529 e. The smallest absolute Gasteiger partial charge is 0.478 e. The first-order chi connectivity index (χ1) is 5.60. The molecule has 0 heterocycles. The van der Waals surface area contributed by atoms with Crippen LogP contribution in [0, 0.1) is 0 Å². The topological polar surface area (TPSA) is 65.0 Å². The van der Waals surface area contributed by atoms with E-state index in [1.165, 1.54) is 27.0 Å². The molecule has 0 fully saturated rings. The molecule has 0 radical (unpaired) electrons. The normalized spacial score (nSPS) is 12.2. The Kier molecular flexibility index (Phi) is 4.75. The first-order valence-corrected chi connectivity index (χ1v) is 4.98. The van der Waals surface area contributed by atoms with E-state index in [1.54, 1.807) is 0 Å². The Morgan fingerprint density at radius 3 is 1.92 bits per heavy atom. The molecule has 1 N–H and O–H groups in total. The summed E-state index contributed by atoms with van der Waals surface area (Å²) >= 11 is 0. The zero-order valence-electron chi connectivity index (χ0n) is 7.23. The van der Waals surface area contributed by atoms with E-state index in [2.05, 4.69) is 0 Å². The molecular formula is C6H12O5Si. The Labute approximate surface area is 71.9 Å². The second kappa shape index (κ2) is 5.04. The molecule has 0 spiro atoms. The lowest BCUT2D eigenvalue weighted by atomic mass is 10.7. The van der Waals surface area contributed by atoms with Gasteiger partial charge >= 0.3 is 14.8 Å². The van der Waals surface area contributed by atoms with Crippen LogP contribution >= 0.6 is 0 Å². The van der Waals surface area contributed by atoms with Gasteiger partial charge in [-0.3, -0.25) is 0 Å². The van der Waals surface area contributed by atoms with E-state index in [4.69, 9.17) is 18.4 Å². The van der Waals surface area contributed by atoms with E-state index in [9.17, 15) is 4.79 Å². The van der Waals surface area contributed by atoms with Gasteiger partial charge in [0.1, 0.15) is 0 Å². The fraction of sp³-hybridized carbons (Fsp3) is 0.500. The molecule has 0 aliphatic heterocycles. The number of hydrogen-bond acceptors (Lipinski definition) is 4. The standard InChI is InChI=1S/C6H12O5Si/c1-9-12(10-2,11-3)5-4-6(7)8/h4-5H,1-3H3,(H,7,8)/b5-4+. The Morgan fingerprint density at radius 2 is 1.67 bits per heavy atom. The fourth-order valence-corrected chi connectivity index (χ4v) is 1.88. The molecule has 0 aliphatic rings. The van der Waals surface area contributed by atoms with Gasteiger partial charge in [0.15, 0.2) is 0 Å². The number of rotatable bonds is 5. The van der Waals surface area contributed by atoms with E-state index < -0.39 is 14.8 Å². The van der Waals surface area contributed by atoms with Crippen molar-refractivity contribution in [1.29, 1.82) is 0 Å². The summed E-state index contributed by atoms with van der Waals surface area (Å²) in [6.07, 6.45) is 0.947. The van der Waals surface area contributed by atoms with Crippen LogP contribution in [0.1, 0.15) is 0 Å². The predicted octanol–water partition coefficient (Wildman–Crippen LogP) is 0.0445. The number of carboxylic acid groups (broad SMARTS) is 1. The van der Waals surface area contributed by atoms with E-state index >= 15 is 0 Å². The summed E-state index contributed by atoms with van der Waals surface area (Å²) in [7, 11) is 1.38. The lowest BCUT2D eigenvalue weighted by Gasteiger charge is -2.19.